The quantitative estimate of drug-likeness (QED) is 0.885. The molecule has 0 aliphatic rings. The molecule has 2 aromatic carbocycles. The second-order valence-corrected chi connectivity index (χ2v) is 6.26. The predicted molar refractivity (Wildman–Crippen MR) is 88.3 cm³/mol. The van der Waals surface area contributed by atoms with Gasteiger partial charge in [0, 0.05) is 0 Å². The van der Waals surface area contributed by atoms with E-state index < -0.39 is 11.6 Å². The van der Waals surface area contributed by atoms with Crippen LogP contribution in [0.5, 0.6) is 0 Å². The second kappa shape index (κ2) is 6.92. The van der Waals surface area contributed by atoms with E-state index >= 15 is 0 Å². The fourth-order valence-corrected chi connectivity index (χ4v) is 2.72. The Morgan fingerprint density at radius 3 is 2.39 bits per heavy atom. The highest BCUT2D eigenvalue weighted by Crippen LogP contribution is 2.24. The Bertz CT molecular complexity index is 680. The summed E-state index contributed by atoms with van der Waals surface area (Å²) in [6.45, 7) is 5.85. The lowest BCUT2D eigenvalue weighted by Gasteiger charge is -2.29. The highest BCUT2D eigenvalue weighted by Gasteiger charge is 2.25. The number of hydrogen-bond acceptors (Lipinski definition) is 2. The van der Waals surface area contributed by atoms with E-state index in [-0.39, 0.29) is 18.1 Å². The lowest BCUT2D eigenvalue weighted by molar-refractivity contribution is -0.124. The van der Waals surface area contributed by atoms with Crippen LogP contribution in [0.2, 0.25) is 0 Å². The van der Waals surface area contributed by atoms with Gasteiger partial charge in [-0.15, -0.1) is 0 Å². The number of amides is 1. The molecule has 1 unspecified atom stereocenters. The van der Waals surface area contributed by atoms with Crippen molar-refractivity contribution in [3.8, 4) is 0 Å². The lowest BCUT2D eigenvalue weighted by atomic mass is 9.90. The zero-order valence-electron chi connectivity index (χ0n) is 13.6. The van der Waals surface area contributed by atoms with Crippen LogP contribution in [0.4, 0.5) is 4.39 Å². The van der Waals surface area contributed by atoms with Crippen LogP contribution in [0.15, 0.2) is 48.5 Å². The van der Waals surface area contributed by atoms with Gasteiger partial charge in [-0.2, -0.15) is 0 Å². The van der Waals surface area contributed by atoms with E-state index in [9.17, 15) is 14.3 Å². The highest BCUT2D eigenvalue weighted by atomic mass is 19.1. The molecule has 0 heterocycles. The average molecular weight is 315 g/mol. The Morgan fingerprint density at radius 2 is 1.78 bits per heavy atom. The molecule has 0 aromatic heterocycles. The van der Waals surface area contributed by atoms with Gasteiger partial charge in [-0.1, -0.05) is 36.4 Å². The van der Waals surface area contributed by atoms with Crippen molar-refractivity contribution >= 4 is 5.91 Å². The van der Waals surface area contributed by atoms with Gasteiger partial charge in [-0.05, 0) is 49.6 Å². The maximum atomic E-state index is 12.9. The average Bonchev–Trinajstić information content (AvgIpc) is 2.47. The van der Waals surface area contributed by atoms with E-state index in [2.05, 4.69) is 5.32 Å². The van der Waals surface area contributed by atoms with Crippen molar-refractivity contribution in [3.05, 3.63) is 71.0 Å². The summed E-state index contributed by atoms with van der Waals surface area (Å²) in [4.78, 5) is 12.2. The van der Waals surface area contributed by atoms with Crippen molar-refractivity contribution in [1.29, 1.82) is 0 Å². The molecule has 122 valence electrons. The zero-order valence-corrected chi connectivity index (χ0v) is 13.6. The number of hydrogen-bond donors (Lipinski definition) is 2. The van der Waals surface area contributed by atoms with Crippen LogP contribution < -0.4 is 5.32 Å². The first kappa shape index (κ1) is 17.2. The van der Waals surface area contributed by atoms with Crippen molar-refractivity contribution in [2.24, 2.45) is 0 Å². The first-order valence-electron chi connectivity index (χ1n) is 7.60. The third kappa shape index (κ3) is 4.39. The van der Waals surface area contributed by atoms with Gasteiger partial charge in [0.05, 0.1) is 18.1 Å². The molecule has 0 radical (unpaired) electrons. The van der Waals surface area contributed by atoms with Crippen LogP contribution in [0.3, 0.4) is 0 Å². The molecule has 2 rings (SSSR count). The Kier molecular flexibility index (Phi) is 5.16. The molecular weight excluding hydrogens is 293 g/mol. The molecule has 1 atom stereocenters. The number of benzene rings is 2. The Hall–Kier alpha value is -2.20. The SMILES string of the molecule is Cc1ccccc1C(C)(C)NC(=O)CC(O)c1ccc(F)cc1. The maximum absolute atomic E-state index is 12.9. The number of halogens is 1. The van der Waals surface area contributed by atoms with Gasteiger partial charge in [0.1, 0.15) is 5.82 Å². The molecule has 1 amide bonds. The van der Waals surface area contributed by atoms with E-state index in [1.807, 2.05) is 45.0 Å². The summed E-state index contributed by atoms with van der Waals surface area (Å²) in [7, 11) is 0. The minimum absolute atomic E-state index is 0.0685. The summed E-state index contributed by atoms with van der Waals surface area (Å²) in [6.07, 6.45) is -1.02. The Morgan fingerprint density at radius 1 is 1.17 bits per heavy atom. The molecule has 2 N–H and O–H groups in total. The van der Waals surface area contributed by atoms with Gasteiger partial charge in [-0.25, -0.2) is 4.39 Å². The van der Waals surface area contributed by atoms with Crippen LogP contribution in [0.25, 0.3) is 0 Å². The van der Waals surface area contributed by atoms with Crippen LogP contribution in [-0.2, 0) is 10.3 Å². The van der Waals surface area contributed by atoms with Crippen molar-refractivity contribution in [2.75, 3.05) is 0 Å². The van der Waals surface area contributed by atoms with E-state index in [0.717, 1.165) is 11.1 Å². The molecule has 2 aromatic rings. The summed E-state index contributed by atoms with van der Waals surface area (Å²) < 4.78 is 12.9. The first-order valence-corrected chi connectivity index (χ1v) is 7.60. The summed E-state index contributed by atoms with van der Waals surface area (Å²) >= 11 is 0. The van der Waals surface area contributed by atoms with Gasteiger partial charge in [0.15, 0.2) is 0 Å². The van der Waals surface area contributed by atoms with Crippen molar-refractivity contribution in [2.45, 2.75) is 38.8 Å². The largest absolute Gasteiger partial charge is 0.388 e. The molecule has 0 saturated heterocycles. The Balaban J connectivity index is 2.04. The van der Waals surface area contributed by atoms with Gasteiger partial charge in [0.25, 0.3) is 0 Å². The number of aliphatic hydroxyl groups is 1. The van der Waals surface area contributed by atoms with E-state index in [0.29, 0.717) is 5.56 Å². The summed E-state index contributed by atoms with van der Waals surface area (Å²) in [5.74, 6) is -0.624. The smallest absolute Gasteiger partial charge is 0.223 e. The molecule has 0 bridgehead atoms. The van der Waals surface area contributed by atoms with Crippen molar-refractivity contribution in [1.82, 2.24) is 5.32 Å². The van der Waals surface area contributed by atoms with Gasteiger partial charge >= 0.3 is 0 Å². The number of aliphatic hydroxyl groups excluding tert-OH is 1. The third-order valence-corrected chi connectivity index (χ3v) is 3.90. The van der Waals surface area contributed by atoms with Gasteiger partial charge < -0.3 is 10.4 Å². The summed E-state index contributed by atoms with van der Waals surface area (Å²) in [5.41, 5.74) is 2.11. The van der Waals surface area contributed by atoms with E-state index in [1.165, 1.54) is 24.3 Å². The van der Waals surface area contributed by atoms with Crippen LogP contribution in [0.1, 0.15) is 43.1 Å². The number of aryl methyl sites for hydroxylation is 1. The van der Waals surface area contributed by atoms with Crippen LogP contribution in [-0.4, -0.2) is 11.0 Å². The number of nitrogens with one attached hydrogen (secondary N) is 1. The standard InChI is InChI=1S/C19H22FNO2/c1-13-6-4-5-7-16(13)19(2,3)21-18(23)12-17(22)14-8-10-15(20)11-9-14/h4-11,17,22H,12H2,1-3H3,(H,21,23). The van der Waals surface area contributed by atoms with Crippen molar-refractivity contribution in [3.63, 3.8) is 0 Å². The molecule has 0 aliphatic heterocycles. The number of carbonyl (C=O) groups excluding carboxylic acids is 1. The topological polar surface area (TPSA) is 49.3 Å². The van der Waals surface area contributed by atoms with E-state index in [4.69, 9.17) is 0 Å². The molecule has 4 heteroatoms. The fraction of sp³-hybridized carbons (Fsp3) is 0.316. The first-order chi connectivity index (χ1) is 10.8. The minimum atomic E-state index is -0.955. The monoisotopic (exact) mass is 315 g/mol. The molecule has 0 aliphatic carbocycles. The minimum Gasteiger partial charge on any atom is -0.388 e. The summed E-state index contributed by atoms with van der Waals surface area (Å²) in [5, 5.41) is 13.1. The van der Waals surface area contributed by atoms with Gasteiger partial charge in [-0.3, -0.25) is 4.79 Å². The number of rotatable bonds is 5. The molecule has 0 spiro atoms. The molecule has 3 nitrogen and oxygen atoms in total. The third-order valence-electron chi connectivity index (χ3n) is 3.90. The summed E-state index contributed by atoms with van der Waals surface area (Å²) in [6, 6.07) is 13.4. The van der Waals surface area contributed by atoms with Crippen LogP contribution >= 0.6 is 0 Å². The fourth-order valence-electron chi connectivity index (χ4n) is 2.72. The molecular formula is C19H22FNO2. The van der Waals surface area contributed by atoms with Gasteiger partial charge in [0.2, 0.25) is 5.91 Å². The second-order valence-electron chi connectivity index (χ2n) is 6.26. The van der Waals surface area contributed by atoms with E-state index in [1.54, 1.807) is 0 Å². The van der Waals surface area contributed by atoms with Crippen LogP contribution in [0, 0.1) is 12.7 Å². The lowest BCUT2D eigenvalue weighted by Crippen LogP contribution is -2.41. The zero-order chi connectivity index (χ0) is 17.0. The Labute approximate surface area is 136 Å². The molecule has 0 fully saturated rings. The normalized spacial score (nSPS) is 12.7. The predicted octanol–water partition coefficient (Wildman–Crippen LogP) is 3.61. The highest BCUT2D eigenvalue weighted by molar-refractivity contribution is 5.77. The number of carbonyl (C=O) groups is 1. The van der Waals surface area contributed by atoms with Crippen molar-refractivity contribution < 1.29 is 14.3 Å². The molecule has 0 saturated carbocycles. The molecule has 23 heavy (non-hydrogen) atoms. The maximum Gasteiger partial charge on any atom is 0.223 e.